The Balaban J connectivity index is 1.46. The minimum absolute atomic E-state index is 0.487. The number of benzene rings is 1. The van der Waals surface area contributed by atoms with Crippen LogP contribution in [0.15, 0.2) is 18.2 Å². The molecule has 1 aromatic carbocycles. The van der Waals surface area contributed by atoms with Gasteiger partial charge in [0.25, 0.3) is 0 Å². The van der Waals surface area contributed by atoms with Gasteiger partial charge in [-0.2, -0.15) is 0 Å². The van der Waals surface area contributed by atoms with Gasteiger partial charge in [0.15, 0.2) is 11.5 Å². The summed E-state index contributed by atoms with van der Waals surface area (Å²) in [5.74, 6) is 1.71. The van der Waals surface area contributed by atoms with E-state index in [4.69, 9.17) is 14.2 Å². The van der Waals surface area contributed by atoms with Crippen molar-refractivity contribution < 1.29 is 14.2 Å². The second-order valence-corrected chi connectivity index (χ2v) is 5.42. The average molecular weight is 277 g/mol. The Kier molecular flexibility index (Phi) is 4.64. The molecule has 2 heterocycles. The average Bonchev–Trinajstić information content (AvgIpc) is 2.87. The maximum absolute atomic E-state index is 5.69. The number of rotatable bonds is 5. The van der Waals surface area contributed by atoms with Crippen molar-refractivity contribution in [2.75, 3.05) is 31.7 Å². The summed E-state index contributed by atoms with van der Waals surface area (Å²) < 4.78 is 16.9. The van der Waals surface area contributed by atoms with E-state index in [1.165, 1.54) is 12.8 Å². The van der Waals surface area contributed by atoms with Gasteiger partial charge in [-0.05, 0) is 37.8 Å². The van der Waals surface area contributed by atoms with E-state index in [-0.39, 0.29) is 0 Å². The third-order valence-corrected chi connectivity index (χ3v) is 3.80. The van der Waals surface area contributed by atoms with Gasteiger partial charge in [0.2, 0.25) is 0 Å². The van der Waals surface area contributed by atoms with Gasteiger partial charge in [-0.3, -0.25) is 0 Å². The predicted octanol–water partition coefficient (Wildman–Crippen LogP) is 3.22. The van der Waals surface area contributed by atoms with Gasteiger partial charge in [0, 0.05) is 31.3 Å². The van der Waals surface area contributed by atoms with Crippen molar-refractivity contribution in [3.05, 3.63) is 18.2 Å². The lowest BCUT2D eigenvalue weighted by atomic mass is 10.1. The quantitative estimate of drug-likeness (QED) is 0.839. The smallest absolute Gasteiger partial charge is 0.163 e. The molecule has 1 unspecified atom stereocenters. The Hall–Kier alpha value is -1.42. The van der Waals surface area contributed by atoms with Crippen LogP contribution in [0, 0.1) is 0 Å². The summed E-state index contributed by atoms with van der Waals surface area (Å²) in [4.78, 5) is 0. The van der Waals surface area contributed by atoms with E-state index < -0.39 is 0 Å². The Morgan fingerprint density at radius 1 is 1.05 bits per heavy atom. The molecule has 0 aromatic heterocycles. The molecule has 1 saturated heterocycles. The van der Waals surface area contributed by atoms with Crippen LogP contribution in [0.25, 0.3) is 0 Å². The van der Waals surface area contributed by atoms with E-state index in [1.54, 1.807) is 0 Å². The maximum Gasteiger partial charge on any atom is 0.163 e. The van der Waals surface area contributed by atoms with Crippen LogP contribution in [0.1, 0.15) is 32.1 Å². The zero-order valence-electron chi connectivity index (χ0n) is 11.9. The highest BCUT2D eigenvalue weighted by atomic mass is 16.5. The van der Waals surface area contributed by atoms with Gasteiger partial charge < -0.3 is 19.5 Å². The molecule has 0 aliphatic carbocycles. The lowest BCUT2D eigenvalue weighted by molar-refractivity contribution is 0.103. The number of fused-ring (bicyclic) bond motifs is 1. The SMILES string of the molecule is c1cc2c(cc1NCCCC1CCCO1)OCCCO2. The molecular weight excluding hydrogens is 254 g/mol. The molecule has 20 heavy (non-hydrogen) atoms. The molecule has 1 aromatic rings. The fourth-order valence-corrected chi connectivity index (χ4v) is 2.71. The van der Waals surface area contributed by atoms with Crippen molar-refractivity contribution in [2.24, 2.45) is 0 Å². The normalized spacial score (nSPS) is 21.5. The van der Waals surface area contributed by atoms with Crippen molar-refractivity contribution >= 4 is 5.69 Å². The van der Waals surface area contributed by atoms with Crippen molar-refractivity contribution in [2.45, 2.75) is 38.2 Å². The molecule has 0 radical (unpaired) electrons. The molecule has 1 N–H and O–H groups in total. The van der Waals surface area contributed by atoms with Gasteiger partial charge >= 0.3 is 0 Å². The van der Waals surface area contributed by atoms with Crippen molar-refractivity contribution in [1.82, 2.24) is 0 Å². The fourth-order valence-electron chi connectivity index (χ4n) is 2.71. The van der Waals surface area contributed by atoms with Crippen LogP contribution < -0.4 is 14.8 Å². The summed E-state index contributed by atoms with van der Waals surface area (Å²) in [5.41, 5.74) is 1.10. The Bertz CT molecular complexity index is 430. The molecule has 2 aliphatic rings. The van der Waals surface area contributed by atoms with Crippen molar-refractivity contribution in [3.63, 3.8) is 0 Å². The van der Waals surface area contributed by atoms with Crippen LogP contribution in [-0.4, -0.2) is 32.5 Å². The van der Waals surface area contributed by atoms with Crippen molar-refractivity contribution in [1.29, 1.82) is 0 Å². The molecule has 0 spiro atoms. The number of nitrogens with one attached hydrogen (secondary N) is 1. The zero-order chi connectivity index (χ0) is 13.6. The van der Waals surface area contributed by atoms with Crippen LogP contribution in [-0.2, 0) is 4.74 Å². The Morgan fingerprint density at radius 2 is 1.95 bits per heavy atom. The summed E-state index contributed by atoms with van der Waals surface area (Å²) in [6, 6.07) is 6.08. The fraction of sp³-hybridized carbons (Fsp3) is 0.625. The van der Waals surface area contributed by atoms with E-state index >= 15 is 0 Å². The van der Waals surface area contributed by atoms with E-state index in [2.05, 4.69) is 11.4 Å². The topological polar surface area (TPSA) is 39.7 Å². The van der Waals surface area contributed by atoms with Crippen LogP contribution >= 0.6 is 0 Å². The highest BCUT2D eigenvalue weighted by Gasteiger charge is 2.14. The number of hydrogen-bond donors (Lipinski definition) is 1. The lowest BCUT2D eigenvalue weighted by Gasteiger charge is -2.12. The van der Waals surface area contributed by atoms with E-state index in [9.17, 15) is 0 Å². The number of hydrogen-bond acceptors (Lipinski definition) is 4. The summed E-state index contributed by atoms with van der Waals surface area (Å²) in [5, 5.41) is 3.45. The Morgan fingerprint density at radius 3 is 2.80 bits per heavy atom. The predicted molar refractivity (Wildman–Crippen MR) is 78.7 cm³/mol. The highest BCUT2D eigenvalue weighted by molar-refractivity contribution is 5.54. The third kappa shape index (κ3) is 3.57. The second-order valence-electron chi connectivity index (χ2n) is 5.42. The first-order chi connectivity index (χ1) is 9.92. The van der Waals surface area contributed by atoms with Gasteiger partial charge in [0.1, 0.15) is 0 Å². The molecule has 4 nitrogen and oxygen atoms in total. The summed E-state index contributed by atoms with van der Waals surface area (Å²) in [6.07, 6.45) is 6.17. The molecule has 2 aliphatic heterocycles. The third-order valence-electron chi connectivity index (χ3n) is 3.80. The van der Waals surface area contributed by atoms with E-state index in [1.807, 2.05) is 12.1 Å². The standard InChI is InChI=1S/C16H23NO3/c1(4-14-5-2-9-18-14)8-17-13-6-7-15-16(12-13)20-11-3-10-19-15/h6-7,12,14,17H,1-5,8-11H2. The highest BCUT2D eigenvalue weighted by Crippen LogP contribution is 2.32. The van der Waals surface area contributed by atoms with Crippen LogP contribution in [0.4, 0.5) is 5.69 Å². The zero-order valence-corrected chi connectivity index (χ0v) is 11.9. The molecule has 0 saturated carbocycles. The molecule has 0 bridgehead atoms. The lowest BCUT2D eigenvalue weighted by Crippen LogP contribution is -2.09. The van der Waals surface area contributed by atoms with Gasteiger partial charge in [-0.1, -0.05) is 0 Å². The first kappa shape index (κ1) is 13.6. The number of anilines is 1. The van der Waals surface area contributed by atoms with E-state index in [0.717, 1.165) is 62.8 Å². The monoisotopic (exact) mass is 277 g/mol. The number of ether oxygens (including phenoxy) is 3. The van der Waals surface area contributed by atoms with Gasteiger partial charge in [0.05, 0.1) is 19.3 Å². The summed E-state index contributed by atoms with van der Waals surface area (Å²) >= 11 is 0. The molecule has 0 amide bonds. The second kappa shape index (κ2) is 6.84. The van der Waals surface area contributed by atoms with Gasteiger partial charge in [-0.15, -0.1) is 0 Å². The molecule has 4 heteroatoms. The Labute approximate surface area is 120 Å². The van der Waals surface area contributed by atoms with Crippen LogP contribution in [0.5, 0.6) is 11.5 Å². The first-order valence-corrected chi connectivity index (χ1v) is 7.67. The summed E-state index contributed by atoms with van der Waals surface area (Å²) in [6.45, 7) is 3.39. The minimum atomic E-state index is 0.487. The van der Waals surface area contributed by atoms with Gasteiger partial charge in [-0.25, -0.2) is 0 Å². The molecule has 1 atom stereocenters. The first-order valence-electron chi connectivity index (χ1n) is 7.67. The minimum Gasteiger partial charge on any atom is -0.490 e. The van der Waals surface area contributed by atoms with Crippen LogP contribution in [0.3, 0.4) is 0 Å². The van der Waals surface area contributed by atoms with Crippen LogP contribution in [0.2, 0.25) is 0 Å². The maximum atomic E-state index is 5.69. The van der Waals surface area contributed by atoms with Crippen molar-refractivity contribution in [3.8, 4) is 11.5 Å². The molecule has 1 fully saturated rings. The summed E-state index contributed by atoms with van der Waals surface area (Å²) in [7, 11) is 0. The van der Waals surface area contributed by atoms with E-state index in [0.29, 0.717) is 6.10 Å². The molecule has 3 rings (SSSR count). The molecule has 110 valence electrons. The largest absolute Gasteiger partial charge is 0.490 e. The molecular formula is C16H23NO3.